The molecule has 0 aliphatic rings. The lowest BCUT2D eigenvalue weighted by Gasteiger charge is -2.10. The maximum atomic E-state index is 12.0. The fourth-order valence-electron chi connectivity index (χ4n) is 1.74. The smallest absolute Gasteiger partial charge is 0.349 e. The molecule has 0 bridgehead atoms. The quantitative estimate of drug-likeness (QED) is 0.427. The molecule has 2 aromatic rings. The number of rotatable bonds is 7. The molecule has 0 aliphatic heterocycles. The Morgan fingerprint density at radius 3 is 2.00 bits per heavy atom. The summed E-state index contributed by atoms with van der Waals surface area (Å²) in [5.41, 5.74) is 0. The van der Waals surface area contributed by atoms with Gasteiger partial charge in [0, 0.05) is 11.8 Å². The Hall–Kier alpha value is -2.80. The number of esters is 3. The molecule has 0 heterocycles. The van der Waals surface area contributed by atoms with E-state index in [9.17, 15) is 14.4 Å². The number of carbonyl (C=O) groups excluding carboxylic acids is 3. The maximum absolute atomic E-state index is 12.0. The Kier molecular flexibility index (Phi) is 7.03. The van der Waals surface area contributed by atoms with Crippen LogP contribution in [-0.4, -0.2) is 30.3 Å². The second-order valence-electron chi connectivity index (χ2n) is 4.78. The summed E-state index contributed by atoms with van der Waals surface area (Å²) in [4.78, 5) is 35.3. The van der Waals surface area contributed by atoms with E-state index in [0.717, 1.165) is 4.90 Å². The monoisotopic (exact) mass is 360 g/mol. The highest BCUT2D eigenvalue weighted by molar-refractivity contribution is 8.00. The van der Waals surface area contributed by atoms with Gasteiger partial charge in [-0.25, -0.2) is 4.79 Å². The minimum absolute atomic E-state index is 0.0812. The Morgan fingerprint density at radius 1 is 0.840 bits per heavy atom. The van der Waals surface area contributed by atoms with Gasteiger partial charge in [0.1, 0.15) is 0 Å². The molecule has 0 fully saturated rings. The zero-order chi connectivity index (χ0) is 18.1. The maximum Gasteiger partial charge on any atom is 0.349 e. The van der Waals surface area contributed by atoms with Gasteiger partial charge in [-0.05, 0) is 24.3 Å². The van der Waals surface area contributed by atoms with E-state index in [2.05, 4.69) is 4.74 Å². The Bertz CT molecular complexity index is 744. The summed E-state index contributed by atoms with van der Waals surface area (Å²) >= 11 is 1.34. The van der Waals surface area contributed by atoms with Gasteiger partial charge in [-0.2, -0.15) is 0 Å². The van der Waals surface area contributed by atoms with Crippen molar-refractivity contribution in [3.8, 4) is 11.5 Å². The Balaban J connectivity index is 1.91. The van der Waals surface area contributed by atoms with Gasteiger partial charge in [0.25, 0.3) is 0 Å². The van der Waals surface area contributed by atoms with E-state index in [1.54, 1.807) is 12.1 Å². The summed E-state index contributed by atoms with van der Waals surface area (Å²) in [5.74, 6) is -1.51. The SMILES string of the molecule is CC(=O)OCC(=O)Oc1ccccc1OC(=O)CSc1ccccc1. The van der Waals surface area contributed by atoms with Crippen molar-refractivity contribution in [1.29, 1.82) is 0 Å². The molecule has 0 N–H and O–H groups in total. The summed E-state index contributed by atoms with van der Waals surface area (Å²) < 4.78 is 14.9. The average Bonchev–Trinajstić information content (AvgIpc) is 2.61. The summed E-state index contributed by atoms with van der Waals surface area (Å²) in [6.07, 6.45) is 0. The van der Waals surface area contributed by atoms with Crippen LogP contribution in [0, 0.1) is 0 Å². The van der Waals surface area contributed by atoms with Gasteiger partial charge >= 0.3 is 17.9 Å². The molecule has 2 rings (SSSR count). The summed E-state index contributed by atoms with van der Waals surface area (Å²) in [5, 5.41) is 0. The number of thioether (sulfide) groups is 1. The zero-order valence-electron chi connectivity index (χ0n) is 13.5. The molecular weight excluding hydrogens is 344 g/mol. The van der Waals surface area contributed by atoms with Crippen LogP contribution in [0.4, 0.5) is 0 Å². The molecule has 0 spiro atoms. The van der Waals surface area contributed by atoms with Crippen molar-refractivity contribution >= 4 is 29.7 Å². The number of benzene rings is 2. The van der Waals surface area contributed by atoms with E-state index < -0.39 is 24.5 Å². The standard InChI is InChI=1S/C18H16O6S/c1-13(19)22-11-17(20)23-15-9-5-6-10-16(15)24-18(21)12-25-14-7-3-2-4-8-14/h2-10H,11-12H2,1H3. The van der Waals surface area contributed by atoms with Crippen LogP contribution in [0.3, 0.4) is 0 Å². The topological polar surface area (TPSA) is 78.9 Å². The van der Waals surface area contributed by atoms with E-state index in [1.165, 1.54) is 30.8 Å². The third-order valence-corrected chi connectivity index (χ3v) is 3.78. The number of para-hydroxylation sites is 2. The van der Waals surface area contributed by atoms with Crippen LogP contribution in [-0.2, 0) is 19.1 Å². The second kappa shape index (κ2) is 9.48. The van der Waals surface area contributed by atoms with Crippen LogP contribution in [0.5, 0.6) is 11.5 Å². The first-order valence-corrected chi connectivity index (χ1v) is 8.35. The van der Waals surface area contributed by atoms with Gasteiger partial charge in [-0.15, -0.1) is 11.8 Å². The van der Waals surface area contributed by atoms with Crippen LogP contribution < -0.4 is 9.47 Å². The van der Waals surface area contributed by atoms with Crippen molar-refractivity contribution < 1.29 is 28.6 Å². The molecule has 0 saturated carbocycles. The minimum atomic E-state index is -0.766. The molecule has 2 aromatic carbocycles. The fourth-order valence-corrected chi connectivity index (χ4v) is 2.44. The third-order valence-electron chi connectivity index (χ3n) is 2.79. The first-order chi connectivity index (χ1) is 12.0. The van der Waals surface area contributed by atoms with Crippen molar-refractivity contribution in [1.82, 2.24) is 0 Å². The van der Waals surface area contributed by atoms with Gasteiger partial charge in [-0.1, -0.05) is 30.3 Å². The van der Waals surface area contributed by atoms with E-state index >= 15 is 0 Å². The molecule has 6 nitrogen and oxygen atoms in total. The Labute approximate surface area is 149 Å². The van der Waals surface area contributed by atoms with E-state index in [0.29, 0.717) is 0 Å². The van der Waals surface area contributed by atoms with E-state index in [1.807, 2.05) is 30.3 Å². The molecule has 0 saturated heterocycles. The molecule has 0 unspecified atom stereocenters. The fraction of sp³-hybridized carbons (Fsp3) is 0.167. The van der Waals surface area contributed by atoms with Gasteiger partial charge in [0.2, 0.25) is 0 Å². The van der Waals surface area contributed by atoms with Crippen molar-refractivity contribution in [3.05, 3.63) is 54.6 Å². The first-order valence-electron chi connectivity index (χ1n) is 7.36. The highest BCUT2D eigenvalue weighted by Crippen LogP contribution is 2.27. The largest absolute Gasteiger partial charge is 0.454 e. The van der Waals surface area contributed by atoms with Crippen molar-refractivity contribution in [3.63, 3.8) is 0 Å². The third kappa shape index (κ3) is 6.68. The lowest BCUT2D eigenvalue weighted by molar-refractivity contribution is -0.152. The predicted octanol–water partition coefficient (Wildman–Crippen LogP) is 2.85. The number of ether oxygens (including phenoxy) is 3. The predicted molar refractivity (Wildman–Crippen MR) is 91.5 cm³/mol. The second-order valence-corrected chi connectivity index (χ2v) is 5.83. The molecule has 0 radical (unpaired) electrons. The highest BCUT2D eigenvalue weighted by Gasteiger charge is 2.14. The van der Waals surface area contributed by atoms with Gasteiger partial charge in [0.05, 0.1) is 5.75 Å². The highest BCUT2D eigenvalue weighted by atomic mass is 32.2. The molecule has 0 atom stereocenters. The zero-order valence-corrected chi connectivity index (χ0v) is 14.3. The molecular formula is C18H16O6S. The van der Waals surface area contributed by atoms with Gasteiger partial charge in [0.15, 0.2) is 18.1 Å². The van der Waals surface area contributed by atoms with Gasteiger partial charge < -0.3 is 14.2 Å². The molecule has 130 valence electrons. The number of carbonyl (C=O) groups is 3. The van der Waals surface area contributed by atoms with Crippen molar-refractivity contribution in [2.24, 2.45) is 0 Å². The van der Waals surface area contributed by atoms with Crippen LogP contribution in [0.25, 0.3) is 0 Å². The van der Waals surface area contributed by atoms with Crippen molar-refractivity contribution in [2.75, 3.05) is 12.4 Å². The molecule has 0 aliphatic carbocycles. The number of hydrogen-bond donors (Lipinski definition) is 0. The lowest BCUT2D eigenvalue weighted by Crippen LogP contribution is -2.18. The molecule has 7 heteroatoms. The van der Waals surface area contributed by atoms with E-state index in [-0.39, 0.29) is 17.3 Å². The summed E-state index contributed by atoms with van der Waals surface area (Å²) in [7, 11) is 0. The van der Waals surface area contributed by atoms with Gasteiger partial charge in [-0.3, -0.25) is 9.59 Å². The molecule has 25 heavy (non-hydrogen) atoms. The number of hydrogen-bond acceptors (Lipinski definition) is 7. The summed E-state index contributed by atoms with van der Waals surface area (Å²) in [6, 6.07) is 15.7. The average molecular weight is 360 g/mol. The summed E-state index contributed by atoms with van der Waals surface area (Å²) in [6.45, 7) is 0.675. The minimum Gasteiger partial charge on any atom is -0.454 e. The molecule has 0 amide bonds. The normalized spacial score (nSPS) is 9.96. The first kappa shape index (κ1) is 18.5. The lowest BCUT2D eigenvalue weighted by atomic mass is 10.3. The Morgan fingerprint density at radius 2 is 1.40 bits per heavy atom. The van der Waals surface area contributed by atoms with Crippen LogP contribution in [0.15, 0.2) is 59.5 Å². The van der Waals surface area contributed by atoms with Crippen LogP contribution >= 0.6 is 11.8 Å². The van der Waals surface area contributed by atoms with Crippen LogP contribution in [0.1, 0.15) is 6.92 Å². The van der Waals surface area contributed by atoms with Crippen molar-refractivity contribution in [2.45, 2.75) is 11.8 Å². The van der Waals surface area contributed by atoms with E-state index in [4.69, 9.17) is 9.47 Å². The van der Waals surface area contributed by atoms with Crippen LogP contribution in [0.2, 0.25) is 0 Å². The molecule has 0 aromatic heterocycles.